The minimum Gasteiger partial charge on any atom is -0.508 e. The summed E-state index contributed by atoms with van der Waals surface area (Å²) in [5, 5.41) is 29.3. The van der Waals surface area contributed by atoms with E-state index in [9.17, 15) is 20.2 Å². The largest absolute Gasteiger partial charge is 0.508 e. The number of hydrogen-bond acceptors (Lipinski definition) is 5. The fourth-order valence-electron chi connectivity index (χ4n) is 1.76. The van der Waals surface area contributed by atoms with E-state index in [4.69, 9.17) is 5.11 Å². The third-order valence-electron chi connectivity index (χ3n) is 3.01. The summed E-state index contributed by atoms with van der Waals surface area (Å²) in [4.78, 5) is 19.0. The lowest BCUT2D eigenvalue weighted by Gasteiger charge is -1.98. The zero-order valence-electron chi connectivity index (χ0n) is 12.7. The number of nitro benzene ring substituents is 2. The van der Waals surface area contributed by atoms with Gasteiger partial charge in [-0.05, 0) is 36.6 Å². The average Bonchev–Trinajstić information content (AvgIpc) is 2.55. The molecule has 0 atom stereocenters. The van der Waals surface area contributed by atoms with Crippen LogP contribution in [0.1, 0.15) is 25.3 Å². The van der Waals surface area contributed by atoms with Gasteiger partial charge in [-0.3, -0.25) is 20.2 Å². The molecule has 0 aliphatic heterocycles. The second-order valence-corrected chi connectivity index (χ2v) is 4.80. The monoisotopic (exact) mass is 318 g/mol. The minimum absolute atomic E-state index is 0.274. The van der Waals surface area contributed by atoms with Gasteiger partial charge in [0.15, 0.2) is 0 Å². The maximum absolute atomic E-state index is 10.2. The van der Waals surface area contributed by atoms with Crippen LogP contribution in [-0.2, 0) is 6.42 Å². The van der Waals surface area contributed by atoms with Gasteiger partial charge in [0, 0.05) is 12.1 Å². The van der Waals surface area contributed by atoms with Gasteiger partial charge in [0.05, 0.1) is 15.9 Å². The molecule has 0 fully saturated rings. The summed E-state index contributed by atoms with van der Waals surface area (Å²) < 4.78 is 0. The lowest BCUT2D eigenvalue weighted by molar-refractivity contribution is -0.394. The van der Waals surface area contributed by atoms with Crippen molar-refractivity contribution in [2.45, 2.75) is 26.2 Å². The molecule has 0 aliphatic carbocycles. The van der Waals surface area contributed by atoms with E-state index in [1.807, 2.05) is 12.1 Å². The van der Waals surface area contributed by atoms with E-state index in [0.29, 0.717) is 5.75 Å². The number of aromatic hydroxyl groups is 1. The van der Waals surface area contributed by atoms with Gasteiger partial charge in [0.2, 0.25) is 0 Å². The summed E-state index contributed by atoms with van der Waals surface area (Å²) in [6, 6.07) is 12.0. The Hall–Kier alpha value is -2.96. The van der Waals surface area contributed by atoms with Crippen LogP contribution in [0.3, 0.4) is 0 Å². The normalized spacial score (nSPS) is 9.61. The molecule has 0 heterocycles. The Morgan fingerprint density at radius 3 is 1.91 bits per heavy atom. The number of phenolic OH excluding ortho intramolecular Hbond substituents is 1. The van der Waals surface area contributed by atoms with E-state index >= 15 is 0 Å². The van der Waals surface area contributed by atoms with E-state index in [0.717, 1.165) is 12.5 Å². The van der Waals surface area contributed by atoms with Crippen molar-refractivity contribution in [1.82, 2.24) is 0 Å². The number of nitro groups is 2. The van der Waals surface area contributed by atoms with Crippen LogP contribution in [0.4, 0.5) is 11.4 Å². The molecule has 2 aromatic rings. The fourth-order valence-corrected chi connectivity index (χ4v) is 1.76. The number of hydrogen-bond donors (Lipinski definition) is 1. The second-order valence-electron chi connectivity index (χ2n) is 4.80. The first-order valence-electron chi connectivity index (χ1n) is 7.10. The van der Waals surface area contributed by atoms with Gasteiger partial charge in [-0.25, -0.2) is 0 Å². The van der Waals surface area contributed by atoms with E-state index in [2.05, 4.69) is 6.92 Å². The molecule has 7 nitrogen and oxygen atoms in total. The Morgan fingerprint density at radius 1 is 0.957 bits per heavy atom. The van der Waals surface area contributed by atoms with E-state index in [1.54, 1.807) is 12.1 Å². The molecule has 0 unspecified atom stereocenters. The third kappa shape index (κ3) is 6.56. The Kier molecular flexibility index (Phi) is 7.19. The van der Waals surface area contributed by atoms with Crippen molar-refractivity contribution in [1.29, 1.82) is 0 Å². The summed E-state index contributed by atoms with van der Waals surface area (Å²) in [5.41, 5.74) is 0.762. The Balaban J connectivity index is 0.000000231. The lowest BCUT2D eigenvalue weighted by atomic mass is 10.1. The van der Waals surface area contributed by atoms with Crippen LogP contribution in [0.5, 0.6) is 5.75 Å². The standard InChI is InChI=1S/C10H14O.C6H4N2O4/c1-2-3-4-9-5-7-10(11)8-6-9;9-7(10)5-2-1-3-6(4-5)8(11)12/h5-8,11H,2-4H2,1H3;1-4H. The summed E-state index contributed by atoms with van der Waals surface area (Å²) in [5.74, 6) is 0.352. The molecule has 0 amide bonds. The molecule has 0 aliphatic rings. The maximum atomic E-state index is 10.2. The SMILES string of the molecule is CCCCc1ccc(O)cc1.O=[N+]([O-])c1cccc([N+](=O)[O-])c1. The summed E-state index contributed by atoms with van der Waals surface area (Å²) in [6.07, 6.45) is 3.57. The van der Waals surface area contributed by atoms with Crippen molar-refractivity contribution in [2.75, 3.05) is 0 Å². The molecule has 1 N–H and O–H groups in total. The van der Waals surface area contributed by atoms with Gasteiger partial charge in [0.1, 0.15) is 5.75 Å². The van der Waals surface area contributed by atoms with Crippen molar-refractivity contribution < 1.29 is 15.0 Å². The molecule has 0 radical (unpaired) electrons. The van der Waals surface area contributed by atoms with Crippen LogP contribution in [0, 0.1) is 20.2 Å². The first-order valence-corrected chi connectivity index (χ1v) is 7.10. The molecule has 0 bridgehead atoms. The first-order chi connectivity index (χ1) is 10.9. The number of benzene rings is 2. The molecular formula is C16H18N2O5. The molecule has 0 saturated carbocycles. The van der Waals surface area contributed by atoms with Crippen molar-refractivity contribution in [2.24, 2.45) is 0 Å². The molecule has 0 aromatic heterocycles. The summed E-state index contributed by atoms with van der Waals surface area (Å²) in [7, 11) is 0. The molecular weight excluding hydrogens is 300 g/mol. The highest BCUT2D eigenvalue weighted by Gasteiger charge is 2.11. The number of unbranched alkanes of at least 4 members (excludes halogenated alkanes) is 1. The second kappa shape index (κ2) is 9.14. The molecule has 2 rings (SSSR count). The van der Waals surface area contributed by atoms with Gasteiger partial charge in [-0.15, -0.1) is 0 Å². The van der Waals surface area contributed by atoms with Crippen LogP contribution in [0.2, 0.25) is 0 Å². The minimum atomic E-state index is -0.674. The predicted octanol–water partition coefficient (Wildman–Crippen LogP) is 4.24. The van der Waals surface area contributed by atoms with Crippen molar-refractivity contribution in [3.05, 3.63) is 74.3 Å². The van der Waals surface area contributed by atoms with Gasteiger partial charge in [-0.1, -0.05) is 25.5 Å². The number of phenols is 1. The van der Waals surface area contributed by atoms with Crippen molar-refractivity contribution in [3.63, 3.8) is 0 Å². The molecule has 7 heteroatoms. The van der Waals surface area contributed by atoms with E-state index in [1.165, 1.54) is 36.6 Å². The molecule has 0 spiro atoms. The molecule has 122 valence electrons. The van der Waals surface area contributed by atoms with Crippen LogP contribution < -0.4 is 0 Å². The van der Waals surface area contributed by atoms with Crippen LogP contribution in [-0.4, -0.2) is 15.0 Å². The van der Waals surface area contributed by atoms with Crippen molar-refractivity contribution in [3.8, 4) is 5.75 Å². The zero-order chi connectivity index (χ0) is 17.2. The van der Waals surface area contributed by atoms with Crippen LogP contribution in [0.15, 0.2) is 48.5 Å². The quantitative estimate of drug-likeness (QED) is 0.655. The molecule has 23 heavy (non-hydrogen) atoms. The topological polar surface area (TPSA) is 107 Å². The Labute approximate surface area is 133 Å². The van der Waals surface area contributed by atoms with Gasteiger partial charge in [-0.2, -0.15) is 0 Å². The third-order valence-corrected chi connectivity index (χ3v) is 3.01. The number of non-ortho nitro benzene ring substituents is 2. The molecule has 2 aromatic carbocycles. The number of rotatable bonds is 5. The number of aryl methyl sites for hydroxylation is 1. The first kappa shape index (κ1) is 18.1. The van der Waals surface area contributed by atoms with Crippen LogP contribution >= 0.6 is 0 Å². The predicted molar refractivity (Wildman–Crippen MR) is 86.5 cm³/mol. The van der Waals surface area contributed by atoms with Gasteiger partial charge < -0.3 is 5.11 Å². The average molecular weight is 318 g/mol. The Bertz CT molecular complexity index is 627. The summed E-state index contributed by atoms with van der Waals surface area (Å²) >= 11 is 0. The van der Waals surface area contributed by atoms with E-state index < -0.39 is 9.85 Å². The van der Waals surface area contributed by atoms with Crippen molar-refractivity contribution >= 4 is 11.4 Å². The van der Waals surface area contributed by atoms with Crippen LogP contribution in [0.25, 0.3) is 0 Å². The van der Waals surface area contributed by atoms with Gasteiger partial charge in [0.25, 0.3) is 11.4 Å². The number of nitrogens with zero attached hydrogens (tertiary/aromatic N) is 2. The zero-order valence-corrected chi connectivity index (χ0v) is 12.7. The summed E-state index contributed by atoms with van der Waals surface area (Å²) in [6.45, 7) is 2.18. The highest BCUT2D eigenvalue weighted by molar-refractivity contribution is 5.42. The highest BCUT2D eigenvalue weighted by atomic mass is 16.6. The smallest absolute Gasteiger partial charge is 0.276 e. The molecule has 0 saturated heterocycles. The van der Waals surface area contributed by atoms with Gasteiger partial charge >= 0.3 is 0 Å². The highest BCUT2D eigenvalue weighted by Crippen LogP contribution is 2.18. The van der Waals surface area contributed by atoms with E-state index in [-0.39, 0.29) is 11.4 Å². The Morgan fingerprint density at radius 2 is 1.48 bits per heavy atom. The lowest BCUT2D eigenvalue weighted by Crippen LogP contribution is -1.91. The fraction of sp³-hybridized carbons (Fsp3) is 0.250. The maximum Gasteiger partial charge on any atom is 0.276 e.